The van der Waals surface area contributed by atoms with Crippen molar-refractivity contribution in [3.8, 4) is 5.75 Å². The van der Waals surface area contributed by atoms with Crippen molar-refractivity contribution < 1.29 is 14.3 Å². The van der Waals surface area contributed by atoms with E-state index < -0.39 is 0 Å². The fraction of sp³-hybridized carbons (Fsp3) is 0.320. The molecule has 2 heterocycles. The summed E-state index contributed by atoms with van der Waals surface area (Å²) in [6.45, 7) is 2.21. The third-order valence-corrected chi connectivity index (χ3v) is 6.52. The van der Waals surface area contributed by atoms with Crippen LogP contribution in [-0.4, -0.2) is 59.9 Å². The molecule has 0 saturated carbocycles. The van der Waals surface area contributed by atoms with Crippen molar-refractivity contribution in [2.24, 2.45) is 0 Å². The molecule has 2 amide bonds. The Hall–Kier alpha value is -3.19. The lowest BCUT2D eigenvalue weighted by atomic mass is 10.1. The molecule has 0 radical (unpaired) electrons. The molecule has 0 atom stereocenters. The van der Waals surface area contributed by atoms with Crippen LogP contribution in [0.4, 0.5) is 0 Å². The van der Waals surface area contributed by atoms with Gasteiger partial charge in [0.1, 0.15) is 11.4 Å². The number of aromatic nitrogens is 1. The zero-order valence-corrected chi connectivity index (χ0v) is 19.0. The minimum atomic E-state index is -0.0501. The van der Waals surface area contributed by atoms with Crippen LogP contribution in [0.2, 0.25) is 0 Å². The van der Waals surface area contributed by atoms with Crippen LogP contribution < -0.4 is 4.74 Å². The number of ether oxygens (including phenoxy) is 1. The number of carbonyl (C=O) groups excluding carboxylic acids is 2. The van der Waals surface area contributed by atoms with E-state index in [-0.39, 0.29) is 11.8 Å². The molecule has 0 spiro atoms. The maximum atomic E-state index is 12.9. The van der Waals surface area contributed by atoms with Gasteiger partial charge in [0.2, 0.25) is 5.91 Å². The number of carbonyl (C=O) groups is 2. The number of methoxy groups -OCH3 is 1. The lowest BCUT2D eigenvalue weighted by molar-refractivity contribution is -0.132. The van der Waals surface area contributed by atoms with Gasteiger partial charge in [0.25, 0.3) is 5.91 Å². The highest BCUT2D eigenvalue weighted by Gasteiger charge is 2.26. The Morgan fingerprint density at radius 1 is 0.938 bits per heavy atom. The van der Waals surface area contributed by atoms with E-state index in [4.69, 9.17) is 4.74 Å². The van der Waals surface area contributed by atoms with E-state index in [9.17, 15) is 9.59 Å². The summed E-state index contributed by atoms with van der Waals surface area (Å²) in [5, 5.41) is 2.78. The van der Waals surface area contributed by atoms with E-state index in [1.165, 1.54) is 16.9 Å². The molecule has 2 aromatic carbocycles. The number of aryl methyl sites for hydroxylation is 1. The van der Waals surface area contributed by atoms with Gasteiger partial charge in [-0.3, -0.25) is 9.59 Å². The first-order chi connectivity index (χ1) is 15.6. The van der Waals surface area contributed by atoms with Gasteiger partial charge in [-0.25, -0.2) is 4.98 Å². The highest BCUT2D eigenvalue weighted by Crippen LogP contribution is 2.18. The second-order valence-electron chi connectivity index (χ2n) is 7.81. The minimum absolute atomic E-state index is 0.0501. The lowest BCUT2D eigenvalue weighted by Gasteiger charge is -2.34. The highest BCUT2D eigenvalue weighted by molar-refractivity contribution is 7.09. The minimum Gasteiger partial charge on any atom is -0.497 e. The van der Waals surface area contributed by atoms with Crippen molar-refractivity contribution in [3.05, 3.63) is 81.8 Å². The third kappa shape index (κ3) is 5.53. The van der Waals surface area contributed by atoms with E-state index in [0.717, 1.165) is 22.7 Å². The second kappa shape index (κ2) is 10.4. The molecule has 1 aromatic heterocycles. The number of hydrogen-bond acceptors (Lipinski definition) is 5. The molecule has 0 bridgehead atoms. The Labute approximate surface area is 192 Å². The van der Waals surface area contributed by atoms with Gasteiger partial charge >= 0.3 is 0 Å². The van der Waals surface area contributed by atoms with Crippen LogP contribution in [0.25, 0.3) is 0 Å². The van der Waals surface area contributed by atoms with Crippen LogP contribution in [0.15, 0.2) is 60.0 Å². The summed E-state index contributed by atoms with van der Waals surface area (Å²) in [6.07, 6.45) is 1.90. The molecule has 6 nitrogen and oxygen atoms in total. The molecule has 0 N–H and O–H groups in total. The van der Waals surface area contributed by atoms with Crippen LogP contribution in [0.3, 0.4) is 0 Å². The molecule has 1 fully saturated rings. The van der Waals surface area contributed by atoms with E-state index in [1.54, 1.807) is 12.0 Å². The maximum Gasteiger partial charge on any atom is 0.273 e. The predicted octanol–water partition coefficient (Wildman–Crippen LogP) is 3.66. The van der Waals surface area contributed by atoms with Crippen molar-refractivity contribution >= 4 is 23.2 Å². The van der Waals surface area contributed by atoms with Gasteiger partial charge in [-0.05, 0) is 29.7 Å². The number of piperazine rings is 1. The van der Waals surface area contributed by atoms with Crippen molar-refractivity contribution in [1.29, 1.82) is 0 Å². The summed E-state index contributed by atoms with van der Waals surface area (Å²) in [4.78, 5) is 33.7. The van der Waals surface area contributed by atoms with Gasteiger partial charge in [0, 0.05) is 44.4 Å². The fourth-order valence-electron chi connectivity index (χ4n) is 3.78. The molecule has 3 aromatic rings. The standard InChI is InChI=1S/C25H27N3O3S/c1-31-21-10-7-19(8-11-21)9-12-24(29)27-13-15-28(16-14-27)25(30)22-18-32-23(26-22)17-20-5-3-2-4-6-20/h2-8,10-11,18H,9,12-17H2,1H3. The average Bonchev–Trinajstić information content (AvgIpc) is 3.31. The number of hydrogen-bond donors (Lipinski definition) is 0. The van der Waals surface area contributed by atoms with Crippen LogP contribution in [0.1, 0.15) is 33.0 Å². The van der Waals surface area contributed by atoms with Crippen molar-refractivity contribution in [3.63, 3.8) is 0 Å². The molecule has 0 unspecified atom stereocenters. The second-order valence-corrected chi connectivity index (χ2v) is 8.75. The van der Waals surface area contributed by atoms with Gasteiger partial charge in [0.15, 0.2) is 0 Å². The number of nitrogens with zero attached hydrogens (tertiary/aromatic N) is 3. The first-order valence-electron chi connectivity index (χ1n) is 10.8. The Bertz CT molecular complexity index is 1040. The number of rotatable bonds is 7. The number of thiazole rings is 1. The van der Waals surface area contributed by atoms with Crippen LogP contribution in [0.5, 0.6) is 5.75 Å². The maximum absolute atomic E-state index is 12.9. The Kier molecular flexibility index (Phi) is 7.17. The SMILES string of the molecule is COc1ccc(CCC(=O)N2CCN(C(=O)c3csc(Cc4ccccc4)n3)CC2)cc1. The summed E-state index contributed by atoms with van der Waals surface area (Å²) >= 11 is 1.52. The van der Waals surface area contributed by atoms with Crippen molar-refractivity contribution in [2.45, 2.75) is 19.3 Å². The summed E-state index contributed by atoms with van der Waals surface area (Å²) in [7, 11) is 1.64. The molecule has 7 heteroatoms. The summed E-state index contributed by atoms with van der Waals surface area (Å²) < 4.78 is 5.17. The quantitative estimate of drug-likeness (QED) is 0.552. The van der Waals surface area contributed by atoms with E-state index in [1.807, 2.05) is 52.7 Å². The van der Waals surface area contributed by atoms with E-state index >= 15 is 0 Å². The Morgan fingerprint density at radius 2 is 1.62 bits per heavy atom. The van der Waals surface area contributed by atoms with Gasteiger partial charge in [-0.1, -0.05) is 42.5 Å². The third-order valence-electron chi connectivity index (χ3n) is 5.68. The topological polar surface area (TPSA) is 62.7 Å². The van der Waals surface area contributed by atoms with E-state index in [2.05, 4.69) is 17.1 Å². The molecule has 1 saturated heterocycles. The molecule has 4 rings (SSSR count). The summed E-state index contributed by atoms with van der Waals surface area (Å²) in [5.41, 5.74) is 2.80. The smallest absolute Gasteiger partial charge is 0.273 e. The average molecular weight is 450 g/mol. The van der Waals surface area contributed by atoms with Crippen LogP contribution >= 0.6 is 11.3 Å². The number of benzene rings is 2. The monoisotopic (exact) mass is 449 g/mol. The molecular formula is C25H27N3O3S. The normalized spacial score (nSPS) is 13.8. The van der Waals surface area contributed by atoms with Gasteiger partial charge in [-0.15, -0.1) is 11.3 Å². The fourth-order valence-corrected chi connectivity index (χ4v) is 4.59. The molecule has 1 aliphatic rings. The molecule has 0 aliphatic carbocycles. The van der Waals surface area contributed by atoms with E-state index in [0.29, 0.717) is 44.7 Å². The van der Waals surface area contributed by atoms with Gasteiger partial charge < -0.3 is 14.5 Å². The first-order valence-corrected chi connectivity index (χ1v) is 11.7. The number of amides is 2. The molecule has 32 heavy (non-hydrogen) atoms. The van der Waals surface area contributed by atoms with Gasteiger partial charge in [0.05, 0.1) is 12.1 Å². The lowest BCUT2D eigenvalue weighted by Crippen LogP contribution is -2.50. The van der Waals surface area contributed by atoms with Crippen molar-refractivity contribution in [2.75, 3.05) is 33.3 Å². The molecular weight excluding hydrogens is 422 g/mol. The Balaban J connectivity index is 1.25. The summed E-state index contributed by atoms with van der Waals surface area (Å²) in [6, 6.07) is 17.9. The highest BCUT2D eigenvalue weighted by atomic mass is 32.1. The Morgan fingerprint density at radius 3 is 2.31 bits per heavy atom. The first kappa shape index (κ1) is 22.0. The largest absolute Gasteiger partial charge is 0.497 e. The van der Waals surface area contributed by atoms with Crippen molar-refractivity contribution in [1.82, 2.24) is 14.8 Å². The predicted molar refractivity (Wildman–Crippen MR) is 125 cm³/mol. The zero-order valence-electron chi connectivity index (χ0n) is 18.2. The van der Waals surface area contributed by atoms with Gasteiger partial charge in [-0.2, -0.15) is 0 Å². The summed E-state index contributed by atoms with van der Waals surface area (Å²) in [5.74, 6) is 0.894. The molecule has 1 aliphatic heterocycles. The zero-order chi connectivity index (χ0) is 22.3. The van der Waals surface area contributed by atoms with Crippen LogP contribution in [-0.2, 0) is 17.6 Å². The molecule has 166 valence electrons. The van der Waals surface area contributed by atoms with Crippen LogP contribution in [0, 0.1) is 0 Å².